The first-order valence-corrected chi connectivity index (χ1v) is 7.63. The topological polar surface area (TPSA) is 147 Å². The second-order valence-corrected chi connectivity index (χ2v) is 5.47. The Morgan fingerprint density at radius 2 is 1.78 bits per heavy atom. The predicted octanol–water partition coefficient (Wildman–Crippen LogP) is 2.26. The zero-order valence-corrected chi connectivity index (χ0v) is 13.8. The molecule has 0 heterocycles. The van der Waals surface area contributed by atoms with Gasteiger partial charge in [0.15, 0.2) is 11.5 Å². The number of aromatic hydroxyl groups is 2. The van der Waals surface area contributed by atoms with Crippen LogP contribution in [0.2, 0.25) is 0 Å². The molecule has 2 rings (SSSR count). The van der Waals surface area contributed by atoms with Gasteiger partial charge >= 0.3 is 11.9 Å². The second kappa shape index (κ2) is 8.48. The van der Waals surface area contributed by atoms with Crippen molar-refractivity contribution < 1.29 is 34.6 Å². The maximum Gasteiger partial charge on any atom is 0.345 e. The molecule has 0 bridgehead atoms. The van der Waals surface area contributed by atoms with E-state index in [-0.39, 0.29) is 17.9 Å². The fourth-order valence-corrected chi connectivity index (χ4v) is 2.14. The Morgan fingerprint density at radius 3 is 2.33 bits per heavy atom. The molecule has 0 saturated carbocycles. The van der Waals surface area contributed by atoms with Gasteiger partial charge in [-0.05, 0) is 41.5 Å². The number of esters is 1. The first-order chi connectivity index (χ1) is 12.8. The number of carboxylic acids is 1. The van der Waals surface area contributed by atoms with E-state index in [0.717, 1.165) is 6.08 Å². The average molecular weight is 373 g/mol. The number of carboxylic acid groups (broad SMARTS) is 1. The van der Waals surface area contributed by atoms with Gasteiger partial charge in [0.2, 0.25) is 6.10 Å². The highest BCUT2D eigenvalue weighted by Crippen LogP contribution is 2.25. The number of carbonyl (C=O) groups excluding carboxylic acids is 1. The summed E-state index contributed by atoms with van der Waals surface area (Å²) in [6, 6.07) is 9.15. The molecule has 0 saturated heterocycles. The fourth-order valence-electron chi connectivity index (χ4n) is 2.14. The van der Waals surface area contributed by atoms with E-state index in [1.807, 2.05) is 0 Å². The van der Waals surface area contributed by atoms with E-state index >= 15 is 0 Å². The minimum absolute atomic E-state index is 0.0992. The van der Waals surface area contributed by atoms with Gasteiger partial charge in [0, 0.05) is 24.6 Å². The summed E-state index contributed by atoms with van der Waals surface area (Å²) < 4.78 is 4.89. The largest absolute Gasteiger partial charge is 0.504 e. The van der Waals surface area contributed by atoms with Crippen molar-refractivity contribution in [1.82, 2.24) is 0 Å². The highest BCUT2D eigenvalue weighted by atomic mass is 16.6. The molecule has 0 radical (unpaired) electrons. The Balaban J connectivity index is 2.02. The lowest BCUT2D eigenvalue weighted by molar-refractivity contribution is -0.384. The Bertz CT molecular complexity index is 889. The van der Waals surface area contributed by atoms with Crippen LogP contribution in [0.3, 0.4) is 0 Å². The van der Waals surface area contributed by atoms with Gasteiger partial charge in [-0.1, -0.05) is 6.07 Å². The minimum Gasteiger partial charge on any atom is -0.504 e. The van der Waals surface area contributed by atoms with Gasteiger partial charge in [0.05, 0.1) is 4.92 Å². The monoisotopic (exact) mass is 373 g/mol. The quantitative estimate of drug-likeness (QED) is 0.220. The van der Waals surface area contributed by atoms with E-state index in [9.17, 15) is 35.0 Å². The Labute approximate surface area is 152 Å². The van der Waals surface area contributed by atoms with Crippen LogP contribution in [0.25, 0.3) is 6.08 Å². The number of non-ortho nitro benzene ring substituents is 1. The maximum absolute atomic E-state index is 11.8. The molecule has 0 aliphatic heterocycles. The number of rotatable bonds is 7. The predicted molar refractivity (Wildman–Crippen MR) is 93.1 cm³/mol. The van der Waals surface area contributed by atoms with Crippen molar-refractivity contribution in [3.05, 3.63) is 69.8 Å². The number of nitrogens with zero attached hydrogens (tertiary/aromatic N) is 1. The van der Waals surface area contributed by atoms with Crippen molar-refractivity contribution in [1.29, 1.82) is 0 Å². The van der Waals surface area contributed by atoms with Crippen molar-refractivity contribution in [2.45, 2.75) is 12.5 Å². The highest BCUT2D eigenvalue weighted by Gasteiger charge is 2.22. The SMILES string of the molecule is O=C(/C=C/c1ccc([N+](=O)[O-])cc1)O[C@H](Cc1ccc(O)c(O)c1)C(=O)O. The van der Waals surface area contributed by atoms with Crippen LogP contribution in [0, 0.1) is 10.1 Å². The fraction of sp³-hybridized carbons (Fsp3) is 0.111. The van der Waals surface area contributed by atoms with E-state index in [1.165, 1.54) is 48.5 Å². The first-order valence-electron chi connectivity index (χ1n) is 7.63. The lowest BCUT2D eigenvalue weighted by Crippen LogP contribution is -2.28. The zero-order chi connectivity index (χ0) is 20.0. The number of nitro groups is 1. The summed E-state index contributed by atoms with van der Waals surface area (Å²) in [5, 5.41) is 38.5. The Hall–Kier alpha value is -3.88. The van der Waals surface area contributed by atoms with Crippen molar-refractivity contribution in [3.63, 3.8) is 0 Å². The number of carbonyl (C=O) groups is 2. The summed E-state index contributed by atoms with van der Waals surface area (Å²) in [5.41, 5.74) is 0.746. The Morgan fingerprint density at radius 1 is 1.11 bits per heavy atom. The maximum atomic E-state index is 11.8. The van der Waals surface area contributed by atoms with Crippen LogP contribution in [-0.2, 0) is 20.7 Å². The van der Waals surface area contributed by atoms with Crippen molar-refractivity contribution >= 4 is 23.7 Å². The lowest BCUT2D eigenvalue weighted by Gasteiger charge is -2.13. The number of aliphatic carboxylic acids is 1. The minimum atomic E-state index is -1.50. The number of nitro benzene ring substituents is 1. The number of ether oxygens (including phenoxy) is 1. The van der Waals surface area contributed by atoms with Crippen LogP contribution in [0.4, 0.5) is 5.69 Å². The molecule has 9 heteroatoms. The molecular formula is C18H15NO8. The molecule has 1 atom stereocenters. The third-order valence-electron chi connectivity index (χ3n) is 3.51. The van der Waals surface area contributed by atoms with Crippen LogP contribution >= 0.6 is 0 Å². The molecule has 2 aromatic carbocycles. The normalized spacial score (nSPS) is 11.9. The van der Waals surface area contributed by atoms with E-state index in [1.54, 1.807) is 0 Å². The average Bonchev–Trinajstić information content (AvgIpc) is 2.62. The Kier molecular flexibility index (Phi) is 6.10. The van der Waals surface area contributed by atoms with Crippen LogP contribution < -0.4 is 0 Å². The van der Waals surface area contributed by atoms with E-state index < -0.39 is 28.7 Å². The summed E-state index contributed by atoms with van der Waals surface area (Å²) in [5.74, 6) is -3.06. The summed E-state index contributed by atoms with van der Waals surface area (Å²) >= 11 is 0. The van der Waals surface area contributed by atoms with Gasteiger partial charge in [0.1, 0.15) is 0 Å². The van der Waals surface area contributed by atoms with Crippen molar-refractivity contribution in [2.75, 3.05) is 0 Å². The molecule has 0 aliphatic rings. The lowest BCUT2D eigenvalue weighted by atomic mass is 10.1. The molecule has 0 fully saturated rings. The second-order valence-electron chi connectivity index (χ2n) is 5.47. The summed E-state index contributed by atoms with van der Waals surface area (Å²) in [7, 11) is 0. The van der Waals surface area contributed by atoms with Crippen molar-refractivity contribution in [3.8, 4) is 11.5 Å². The molecular weight excluding hydrogens is 358 g/mol. The first kappa shape index (κ1) is 19.4. The number of hydrogen-bond acceptors (Lipinski definition) is 7. The third kappa shape index (κ3) is 5.56. The molecule has 0 amide bonds. The molecule has 140 valence electrons. The van der Waals surface area contributed by atoms with Crippen LogP contribution in [0.15, 0.2) is 48.5 Å². The van der Waals surface area contributed by atoms with Gasteiger partial charge in [0.25, 0.3) is 5.69 Å². The molecule has 3 N–H and O–H groups in total. The van der Waals surface area contributed by atoms with E-state index in [4.69, 9.17) is 4.74 Å². The summed E-state index contributed by atoms with van der Waals surface area (Å²) in [6.45, 7) is 0. The van der Waals surface area contributed by atoms with Gasteiger partial charge < -0.3 is 20.1 Å². The van der Waals surface area contributed by atoms with E-state index in [2.05, 4.69) is 0 Å². The van der Waals surface area contributed by atoms with Crippen LogP contribution in [-0.4, -0.2) is 38.3 Å². The number of phenolic OH excluding ortho intramolecular Hbond substituents is 2. The summed E-state index contributed by atoms with van der Waals surface area (Å²) in [4.78, 5) is 33.2. The van der Waals surface area contributed by atoms with Crippen LogP contribution in [0.5, 0.6) is 11.5 Å². The van der Waals surface area contributed by atoms with Gasteiger partial charge in [-0.25, -0.2) is 9.59 Å². The molecule has 0 aliphatic carbocycles. The van der Waals surface area contributed by atoms with Gasteiger partial charge in [-0.2, -0.15) is 0 Å². The van der Waals surface area contributed by atoms with Gasteiger partial charge in [-0.15, -0.1) is 0 Å². The molecule has 0 unspecified atom stereocenters. The smallest absolute Gasteiger partial charge is 0.345 e. The molecule has 0 aromatic heterocycles. The van der Waals surface area contributed by atoms with E-state index in [0.29, 0.717) is 11.1 Å². The number of phenols is 2. The number of hydrogen-bond donors (Lipinski definition) is 3. The molecule has 9 nitrogen and oxygen atoms in total. The third-order valence-corrected chi connectivity index (χ3v) is 3.51. The standard InChI is InChI=1S/C18H15NO8/c20-14-7-3-12(9-15(14)21)10-16(18(23)24)27-17(22)8-4-11-1-5-13(6-2-11)19(25)26/h1-9,16,20-21H,10H2,(H,23,24)/b8-4+/t16-/m1/s1. The molecule has 27 heavy (non-hydrogen) atoms. The molecule has 2 aromatic rings. The molecule has 0 spiro atoms. The summed E-state index contributed by atoms with van der Waals surface area (Å²) in [6.07, 6.45) is 0.631. The van der Waals surface area contributed by atoms with Crippen molar-refractivity contribution in [2.24, 2.45) is 0 Å². The highest BCUT2D eigenvalue weighted by molar-refractivity contribution is 5.89. The van der Waals surface area contributed by atoms with Gasteiger partial charge in [-0.3, -0.25) is 10.1 Å². The van der Waals surface area contributed by atoms with Crippen LogP contribution in [0.1, 0.15) is 11.1 Å². The number of benzene rings is 2. The zero-order valence-electron chi connectivity index (χ0n) is 13.8.